The van der Waals surface area contributed by atoms with Crippen LogP contribution < -0.4 is 10.1 Å². The topological polar surface area (TPSA) is 75.6 Å². The van der Waals surface area contributed by atoms with E-state index in [0.717, 1.165) is 11.3 Å². The average Bonchev–Trinajstić information content (AvgIpc) is 2.44. The number of carbonyl (C=O) groups is 2. The second kappa shape index (κ2) is 8.29. The minimum Gasteiger partial charge on any atom is -0.497 e. The van der Waals surface area contributed by atoms with Crippen molar-refractivity contribution in [2.24, 2.45) is 5.92 Å². The number of amides is 1. The summed E-state index contributed by atoms with van der Waals surface area (Å²) in [6.45, 7) is 4.18. The summed E-state index contributed by atoms with van der Waals surface area (Å²) in [5.74, 6) is -0.0785. The molecule has 116 valence electrons. The molecule has 1 rings (SSSR count). The summed E-state index contributed by atoms with van der Waals surface area (Å²) >= 11 is 0. The number of hydrogen-bond acceptors (Lipinski definition) is 3. The minimum absolute atomic E-state index is 0.0597. The molecular weight excluding hydrogens is 270 g/mol. The summed E-state index contributed by atoms with van der Waals surface area (Å²) < 4.78 is 5.10. The Kier molecular flexibility index (Phi) is 6.72. The molecule has 2 N–H and O–H groups in total. The van der Waals surface area contributed by atoms with Gasteiger partial charge in [0.05, 0.1) is 7.11 Å². The number of ether oxygens (including phenoxy) is 1. The summed E-state index contributed by atoms with van der Waals surface area (Å²) in [6, 6.07) is 7.64. The first-order valence-corrected chi connectivity index (χ1v) is 7.04. The van der Waals surface area contributed by atoms with E-state index in [1.165, 1.54) is 0 Å². The van der Waals surface area contributed by atoms with Crippen LogP contribution in [0.5, 0.6) is 5.75 Å². The third-order valence-corrected chi connectivity index (χ3v) is 3.35. The molecule has 0 fully saturated rings. The Morgan fingerprint density at radius 3 is 2.33 bits per heavy atom. The number of carboxylic acids is 1. The standard InChI is InChI=1S/C16H23NO4/c1-11(8-16(19)20)10-17-15(18)9-12(2)13-4-6-14(21-3)7-5-13/h4-7,11-12H,8-10H2,1-3H3,(H,17,18)(H,19,20). The van der Waals surface area contributed by atoms with Crippen molar-refractivity contribution in [3.63, 3.8) is 0 Å². The first kappa shape index (κ1) is 17.0. The van der Waals surface area contributed by atoms with Gasteiger partial charge in [-0.05, 0) is 29.5 Å². The number of carboxylic acid groups (broad SMARTS) is 1. The number of hydrogen-bond donors (Lipinski definition) is 2. The maximum Gasteiger partial charge on any atom is 0.303 e. The van der Waals surface area contributed by atoms with Crippen LogP contribution in [0, 0.1) is 5.92 Å². The van der Waals surface area contributed by atoms with Gasteiger partial charge in [0, 0.05) is 19.4 Å². The van der Waals surface area contributed by atoms with Gasteiger partial charge in [0.2, 0.25) is 5.91 Å². The number of benzene rings is 1. The fourth-order valence-corrected chi connectivity index (χ4v) is 2.06. The molecule has 0 aliphatic heterocycles. The predicted molar refractivity (Wildman–Crippen MR) is 80.5 cm³/mol. The lowest BCUT2D eigenvalue weighted by Gasteiger charge is -2.14. The SMILES string of the molecule is COc1ccc(C(C)CC(=O)NCC(C)CC(=O)O)cc1. The highest BCUT2D eigenvalue weighted by atomic mass is 16.5. The quantitative estimate of drug-likeness (QED) is 0.772. The third-order valence-electron chi connectivity index (χ3n) is 3.35. The molecule has 0 saturated carbocycles. The second-order valence-corrected chi connectivity index (χ2v) is 5.39. The normalized spacial score (nSPS) is 13.3. The van der Waals surface area contributed by atoms with Gasteiger partial charge in [-0.15, -0.1) is 0 Å². The van der Waals surface area contributed by atoms with Crippen LogP contribution in [0.4, 0.5) is 0 Å². The molecule has 5 nitrogen and oxygen atoms in total. The van der Waals surface area contributed by atoms with E-state index in [1.54, 1.807) is 14.0 Å². The maximum absolute atomic E-state index is 11.9. The maximum atomic E-state index is 11.9. The smallest absolute Gasteiger partial charge is 0.303 e. The third kappa shape index (κ3) is 6.29. The van der Waals surface area contributed by atoms with Gasteiger partial charge in [-0.3, -0.25) is 9.59 Å². The van der Waals surface area contributed by atoms with Crippen LogP contribution in [0.1, 0.15) is 38.2 Å². The Hall–Kier alpha value is -2.04. The Morgan fingerprint density at radius 2 is 1.81 bits per heavy atom. The lowest BCUT2D eigenvalue weighted by molar-refractivity contribution is -0.138. The Balaban J connectivity index is 2.40. The van der Waals surface area contributed by atoms with Crippen molar-refractivity contribution in [2.45, 2.75) is 32.6 Å². The molecule has 0 bridgehead atoms. The number of methoxy groups -OCH3 is 1. The first-order chi connectivity index (χ1) is 9.92. The van der Waals surface area contributed by atoms with E-state index < -0.39 is 5.97 Å². The van der Waals surface area contributed by atoms with E-state index in [-0.39, 0.29) is 24.2 Å². The molecule has 1 aromatic carbocycles. The van der Waals surface area contributed by atoms with Crippen LogP contribution in [-0.4, -0.2) is 30.6 Å². The number of rotatable bonds is 8. The van der Waals surface area contributed by atoms with Crippen LogP contribution >= 0.6 is 0 Å². The Bertz CT molecular complexity index is 470. The van der Waals surface area contributed by atoms with E-state index >= 15 is 0 Å². The van der Waals surface area contributed by atoms with Crippen molar-refractivity contribution in [3.05, 3.63) is 29.8 Å². The van der Waals surface area contributed by atoms with Gasteiger partial charge in [-0.2, -0.15) is 0 Å². The van der Waals surface area contributed by atoms with Gasteiger partial charge in [0.15, 0.2) is 0 Å². The van der Waals surface area contributed by atoms with Crippen LogP contribution in [0.15, 0.2) is 24.3 Å². The van der Waals surface area contributed by atoms with Crippen LogP contribution in [0.2, 0.25) is 0 Å². The highest BCUT2D eigenvalue weighted by Gasteiger charge is 2.13. The van der Waals surface area contributed by atoms with Crippen molar-refractivity contribution in [1.29, 1.82) is 0 Å². The molecule has 1 amide bonds. The fourth-order valence-electron chi connectivity index (χ4n) is 2.06. The minimum atomic E-state index is -0.844. The van der Waals surface area contributed by atoms with Gasteiger partial charge in [-0.1, -0.05) is 26.0 Å². The van der Waals surface area contributed by atoms with Gasteiger partial charge in [0.25, 0.3) is 0 Å². The number of aliphatic carboxylic acids is 1. The van der Waals surface area contributed by atoms with Crippen molar-refractivity contribution in [2.75, 3.05) is 13.7 Å². The van der Waals surface area contributed by atoms with Crippen molar-refractivity contribution in [1.82, 2.24) is 5.32 Å². The van der Waals surface area contributed by atoms with Crippen LogP contribution in [0.25, 0.3) is 0 Å². The zero-order valence-corrected chi connectivity index (χ0v) is 12.8. The van der Waals surface area contributed by atoms with Gasteiger partial charge >= 0.3 is 5.97 Å². The van der Waals surface area contributed by atoms with E-state index in [1.807, 2.05) is 31.2 Å². The summed E-state index contributed by atoms with van der Waals surface area (Å²) in [5.41, 5.74) is 1.07. The molecule has 0 aliphatic carbocycles. The summed E-state index contributed by atoms with van der Waals surface area (Å²) in [5, 5.41) is 11.4. The number of nitrogens with one attached hydrogen (secondary N) is 1. The van der Waals surface area contributed by atoms with Crippen LogP contribution in [0.3, 0.4) is 0 Å². The van der Waals surface area contributed by atoms with E-state index in [2.05, 4.69) is 5.32 Å². The lowest BCUT2D eigenvalue weighted by atomic mass is 9.97. The van der Waals surface area contributed by atoms with Crippen molar-refractivity contribution >= 4 is 11.9 Å². The molecular formula is C16H23NO4. The van der Waals surface area contributed by atoms with Gasteiger partial charge in [0.1, 0.15) is 5.75 Å². The zero-order valence-electron chi connectivity index (χ0n) is 12.8. The second-order valence-electron chi connectivity index (χ2n) is 5.39. The van der Waals surface area contributed by atoms with Crippen molar-refractivity contribution < 1.29 is 19.4 Å². The Labute approximate surface area is 125 Å². The van der Waals surface area contributed by atoms with Gasteiger partial charge in [-0.25, -0.2) is 0 Å². The Morgan fingerprint density at radius 1 is 1.19 bits per heavy atom. The van der Waals surface area contributed by atoms with E-state index in [4.69, 9.17) is 9.84 Å². The molecule has 0 radical (unpaired) electrons. The molecule has 0 saturated heterocycles. The van der Waals surface area contributed by atoms with E-state index in [0.29, 0.717) is 13.0 Å². The molecule has 0 aromatic heterocycles. The van der Waals surface area contributed by atoms with Crippen molar-refractivity contribution in [3.8, 4) is 5.75 Å². The molecule has 21 heavy (non-hydrogen) atoms. The largest absolute Gasteiger partial charge is 0.497 e. The molecule has 0 spiro atoms. The highest BCUT2D eigenvalue weighted by Crippen LogP contribution is 2.21. The van der Waals surface area contributed by atoms with Crippen LogP contribution in [-0.2, 0) is 9.59 Å². The summed E-state index contributed by atoms with van der Waals surface area (Å²) in [7, 11) is 1.62. The number of carbonyl (C=O) groups excluding carboxylic acids is 1. The summed E-state index contributed by atoms with van der Waals surface area (Å²) in [6.07, 6.45) is 0.445. The van der Waals surface area contributed by atoms with Gasteiger partial charge < -0.3 is 15.2 Å². The highest BCUT2D eigenvalue weighted by molar-refractivity contribution is 5.77. The fraction of sp³-hybridized carbons (Fsp3) is 0.500. The molecule has 2 unspecified atom stereocenters. The molecule has 0 aliphatic rings. The van der Waals surface area contributed by atoms with E-state index in [9.17, 15) is 9.59 Å². The lowest BCUT2D eigenvalue weighted by Crippen LogP contribution is -2.29. The molecule has 0 heterocycles. The molecule has 1 aromatic rings. The predicted octanol–water partition coefficient (Wildman–Crippen LogP) is 2.42. The summed E-state index contributed by atoms with van der Waals surface area (Å²) in [4.78, 5) is 22.4. The monoisotopic (exact) mass is 293 g/mol. The zero-order chi connectivity index (χ0) is 15.8. The molecule has 2 atom stereocenters. The average molecular weight is 293 g/mol. The molecule has 5 heteroatoms. The first-order valence-electron chi connectivity index (χ1n) is 7.04.